The fourth-order valence-electron chi connectivity index (χ4n) is 4.23. The van der Waals surface area contributed by atoms with Gasteiger partial charge in [-0.25, -0.2) is 17.9 Å². The zero-order valence-corrected chi connectivity index (χ0v) is 21.0. The number of aromatic nitrogens is 1. The highest BCUT2D eigenvalue weighted by Gasteiger charge is 2.17. The fraction of sp³-hybridized carbons (Fsp3) is 0.296. The molecule has 9 heteroatoms. The largest absolute Gasteiger partial charge is 0.494 e. The quantitative estimate of drug-likeness (QED) is 0.257. The predicted octanol–water partition coefficient (Wildman–Crippen LogP) is 4.02. The molecule has 1 saturated heterocycles. The van der Waals surface area contributed by atoms with Crippen LogP contribution in [0.2, 0.25) is 0 Å². The van der Waals surface area contributed by atoms with Crippen LogP contribution in [0.15, 0.2) is 78.0 Å². The van der Waals surface area contributed by atoms with Gasteiger partial charge < -0.3 is 9.64 Å². The van der Waals surface area contributed by atoms with Crippen molar-refractivity contribution in [1.29, 1.82) is 0 Å². The van der Waals surface area contributed by atoms with E-state index in [-0.39, 0.29) is 4.90 Å². The minimum atomic E-state index is -3.78. The van der Waals surface area contributed by atoms with E-state index in [2.05, 4.69) is 11.9 Å². The number of carbonyl (C=O) groups excluding carboxylic acids is 1. The second kappa shape index (κ2) is 11.6. The maximum atomic E-state index is 13.0. The zero-order chi connectivity index (χ0) is 25.5. The average molecular weight is 510 g/mol. The third kappa shape index (κ3) is 6.42. The maximum absolute atomic E-state index is 13.0. The number of ether oxygens (including phenoxy) is 1. The van der Waals surface area contributed by atoms with Crippen LogP contribution in [0.25, 0.3) is 17.2 Å². The molecule has 1 aliphatic heterocycles. The lowest BCUT2D eigenvalue weighted by Gasteiger charge is -2.28. The monoisotopic (exact) mass is 509 g/mol. The van der Waals surface area contributed by atoms with E-state index in [0.717, 1.165) is 52.4 Å². The number of rotatable bonds is 9. The van der Waals surface area contributed by atoms with Crippen molar-refractivity contribution >= 4 is 22.0 Å². The van der Waals surface area contributed by atoms with Gasteiger partial charge in [-0.3, -0.25) is 10.0 Å². The van der Waals surface area contributed by atoms with Crippen molar-refractivity contribution in [2.45, 2.75) is 24.2 Å². The molecule has 190 valence electrons. The van der Waals surface area contributed by atoms with E-state index < -0.39 is 15.9 Å². The number of piperidine rings is 1. The molecule has 1 fully saturated rings. The van der Waals surface area contributed by atoms with Crippen LogP contribution in [-0.2, 0) is 14.8 Å². The molecule has 0 saturated carbocycles. The molecule has 0 aliphatic carbocycles. The van der Waals surface area contributed by atoms with Crippen molar-refractivity contribution in [3.05, 3.63) is 78.6 Å². The van der Waals surface area contributed by atoms with Gasteiger partial charge >= 0.3 is 0 Å². The standard InChI is InChI=1S/C27H31N3O5S/c1-29-16-12-21(13-17-29)15-19-35-25-7-3-23(4-8-25)24-5-9-26(10-6-24)36(33,34)30-18-14-22(20-30)2-11-27(31)28-32/h2-11,14,18,20-21,32H,12-13,15-17,19H2,1H3,(H,28,31)/b11-2+. The first-order valence-corrected chi connectivity index (χ1v) is 13.4. The highest BCUT2D eigenvalue weighted by molar-refractivity contribution is 7.90. The molecule has 8 nitrogen and oxygen atoms in total. The Morgan fingerprint density at radius 3 is 2.33 bits per heavy atom. The van der Waals surface area contributed by atoms with Gasteiger partial charge in [-0.05, 0) is 98.4 Å². The summed E-state index contributed by atoms with van der Waals surface area (Å²) in [5.74, 6) is 0.867. The molecule has 2 N–H and O–H groups in total. The molecule has 1 aromatic heterocycles. The number of hydrogen-bond acceptors (Lipinski definition) is 6. The van der Waals surface area contributed by atoms with Gasteiger partial charge in [0, 0.05) is 18.5 Å². The van der Waals surface area contributed by atoms with Gasteiger partial charge in [-0.1, -0.05) is 24.3 Å². The number of nitrogens with one attached hydrogen (secondary N) is 1. The number of hydroxylamine groups is 1. The molecule has 1 aliphatic rings. The molecule has 0 atom stereocenters. The van der Waals surface area contributed by atoms with Crippen LogP contribution in [0.4, 0.5) is 0 Å². The number of benzene rings is 2. The normalized spacial score (nSPS) is 15.3. The van der Waals surface area contributed by atoms with Crippen LogP contribution in [0.3, 0.4) is 0 Å². The Morgan fingerprint density at radius 1 is 1.06 bits per heavy atom. The van der Waals surface area contributed by atoms with Gasteiger partial charge in [0.1, 0.15) is 5.75 Å². The lowest BCUT2D eigenvalue weighted by molar-refractivity contribution is -0.124. The number of likely N-dealkylation sites (tertiary alicyclic amines) is 1. The van der Waals surface area contributed by atoms with Crippen LogP contribution in [0.1, 0.15) is 24.8 Å². The minimum Gasteiger partial charge on any atom is -0.494 e. The van der Waals surface area contributed by atoms with Crippen LogP contribution in [0, 0.1) is 5.92 Å². The number of hydrogen-bond donors (Lipinski definition) is 2. The van der Waals surface area contributed by atoms with Crippen LogP contribution >= 0.6 is 0 Å². The summed E-state index contributed by atoms with van der Waals surface area (Å²) >= 11 is 0. The second-order valence-electron chi connectivity index (χ2n) is 9.02. The van der Waals surface area contributed by atoms with E-state index in [0.29, 0.717) is 12.2 Å². The Labute approximate surface area is 211 Å². The molecule has 36 heavy (non-hydrogen) atoms. The van der Waals surface area contributed by atoms with E-state index in [1.54, 1.807) is 30.3 Å². The Morgan fingerprint density at radius 2 is 1.69 bits per heavy atom. The maximum Gasteiger partial charge on any atom is 0.267 e. The topological polar surface area (TPSA) is 101 Å². The van der Waals surface area contributed by atoms with Crippen LogP contribution in [-0.4, -0.2) is 55.1 Å². The summed E-state index contributed by atoms with van der Waals surface area (Å²) in [5, 5.41) is 8.54. The smallest absolute Gasteiger partial charge is 0.267 e. The molecule has 0 radical (unpaired) electrons. The molecule has 4 rings (SSSR count). The summed E-state index contributed by atoms with van der Waals surface area (Å²) in [6.45, 7) is 3.04. The van der Waals surface area contributed by atoms with Gasteiger partial charge in [0.25, 0.3) is 15.9 Å². The molecule has 0 unspecified atom stereocenters. The summed E-state index contributed by atoms with van der Waals surface area (Å²) in [7, 11) is -1.61. The van der Waals surface area contributed by atoms with Crippen molar-refractivity contribution in [3.63, 3.8) is 0 Å². The lowest BCUT2D eigenvalue weighted by atomic mass is 9.94. The second-order valence-corrected chi connectivity index (χ2v) is 10.9. The summed E-state index contributed by atoms with van der Waals surface area (Å²) in [6.07, 6.45) is 8.85. The van der Waals surface area contributed by atoms with Gasteiger partial charge in [0.05, 0.1) is 11.5 Å². The van der Waals surface area contributed by atoms with Gasteiger partial charge in [0.2, 0.25) is 0 Å². The summed E-state index contributed by atoms with van der Waals surface area (Å²) < 4.78 is 33.0. The third-order valence-corrected chi connectivity index (χ3v) is 8.13. The van der Waals surface area contributed by atoms with E-state index >= 15 is 0 Å². The Hall–Kier alpha value is -3.40. The van der Waals surface area contributed by atoms with Gasteiger partial charge in [-0.15, -0.1) is 0 Å². The molecular formula is C27H31N3O5S. The zero-order valence-electron chi connectivity index (χ0n) is 20.2. The van der Waals surface area contributed by atoms with Crippen LogP contribution < -0.4 is 10.2 Å². The fourth-order valence-corrected chi connectivity index (χ4v) is 5.43. The van der Waals surface area contributed by atoms with Crippen molar-refractivity contribution in [2.24, 2.45) is 5.92 Å². The molecule has 1 amide bonds. The van der Waals surface area contributed by atoms with Crippen LogP contribution in [0.5, 0.6) is 5.75 Å². The van der Waals surface area contributed by atoms with E-state index in [1.807, 2.05) is 24.3 Å². The van der Waals surface area contributed by atoms with E-state index in [9.17, 15) is 13.2 Å². The summed E-state index contributed by atoms with van der Waals surface area (Å²) in [6, 6.07) is 16.1. The molecule has 0 bridgehead atoms. The van der Waals surface area contributed by atoms with E-state index in [1.165, 1.54) is 36.8 Å². The van der Waals surface area contributed by atoms with Crippen molar-refractivity contribution < 1.29 is 23.2 Å². The van der Waals surface area contributed by atoms with Crippen molar-refractivity contribution in [3.8, 4) is 16.9 Å². The Balaban J connectivity index is 1.35. The van der Waals surface area contributed by atoms with Gasteiger partial charge in [-0.2, -0.15) is 0 Å². The number of amides is 1. The number of nitrogens with zero attached hydrogens (tertiary/aromatic N) is 2. The Kier molecular flexibility index (Phi) is 8.25. The van der Waals surface area contributed by atoms with Crippen molar-refractivity contribution in [2.75, 3.05) is 26.7 Å². The van der Waals surface area contributed by atoms with Crippen molar-refractivity contribution in [1.82, 2.24) is 14.4 Å². The number of carbonyl (C=O) groups is 1. The summed E-state index contributed by atoms with van der Waals surface area (Å²) in [4.78, 5) is 13.6. The van der Waals surface area contributed by atoms with E-state index in [4.69, 9.17) is 9.94 Å². The molecular weight excluding hydrogens is 478 g/mol. The van der Waals surface area contributed by atoms with Gasteiger partial charge in [0.15, 0.2) is 0 Å². The first kappa shape index (κ1) is 25.7. The average Bonchev–Trinajstić information content (AvgIpc) is 3.39. The molecule has 2 aromatic carbocycles. The minimum absolute atomic E-state index is 0.152. The Bertz CT molecular complexity index is 1290. The molecule has 0 spiro atoms. The molecule has 2 heterocycles. The first-order chi connectivity index (χ1) is 17.3. The highest BCUT2D eigenvalue weighted by Crippen LogP contribution is 2.26. The lowest BCUT2D eigenvalue weighted by Crippen LogP contribution is -2.30. The first-order valence-electron chi connectivity index (χ1n) is 11.9. The summed E-state index contributed by atoms with van der Waals surface area (Å²) in [5.41, 5.74) is 3.86. The SMILES string of the molecule is CN1CCC(CCOc2ccc(-c3ccc(S(=O)(=O)n4ccc(/C=C/C(=O)NO)c4)cc3)cc2)CC1. The third-order valence-electron chi connectivity index (χ3n) is 6.48. The predicted molar refractivity (Wildman–Crippen MR) is 138 cm³/mol. The molecule has 3 aromatic rings. The highest BCUT2D eigenvalue weighted by atomic mass is 32.2.